The van der Waals surface area contributed by atoms with Crippen LogP contribution in [0.25, 0.3) is 0 Å². The zero-order valence-corrected chi connectivity index (χ0v) is 8.41. The molecular formula is C8H9ClN3S+. The van der Waals surface area contributed by atoms with Crippen LogP contribution in [0, 0.1) is 11.7 Å². The molecule has 0 spiro atoms. The predicted octanol–water partition coefficient (Wildman–Crippen LogP) is 1.83. The average Bonchev–Trinajstić information content (AvgIpc) is 2.44. The average molecular weight is 215 g/mol. The number of nitrogens with two attached hydrogens (primary N) is 1. The van der Waals surface area contributed by atoms with Crippen molar-refractivity contribution >= 4 is 40.6 Å². The van der Waals surface area contributed by atoms with Crippen molar-refractivity contribution in [3.05, 3.63) is 10.3 Å². The van der Waals surface area contributed by atoms with Crippen molar-refractivity contribution in [2.75, 3.05) is 11.1 Å². The standard InChI is InChI=1S/C8H8N3S.ClH/c1-2-12-4-6(9)8-7(12)3-10-5-11-8;/h1,4-5H,3,9H2,(H,10,11);1H/q+1;. The van der Waals surface area contributed by atoms with E-state index >= 15 is 0 Å². The van der Waals surface area contributed by atoms with Gasteiger partial charge in [0.2, 0.25) is 4.88 Å². The molecule has 0 saturated heterocycles. The molecule has 3 nitrogen and oxygen atoms in total. The van der Waals surface area contributed by atoms with Crippen molar-refractivity contribution < 1.29 is 0 Å². The first-order chi connectivity index (χ1) is 5.83. The normalized spacial score (nSPS) is 13.6. The summed E-state index contributed by atoms with van der Waals surface area (Å²) >= 11 is 0. The van der Waals surface area contributed by atoms with Crippen molar-refractivity contribution in [1.82, 2.24) is 0 Å². The van der Waals surface area contributed by atoms with Gasteiger partial charge >= 0.3 is 0 Å². The molecule has 0 saturated carbocycles. The van der Waals surface area contributed by atoms with Crippen LogP contribution in [0.2, 0.25) is 0 Å². The number of hydrogen-bond acceptors (Lipinski definition) is 3. The van der Waals surface area contributed by atoms with Crippen molar-refractivity contribution in [3.8, 4) is 11.7 Å². The van der Waals surface area contributed by atoms with Crippen LogP contribution in [-0.4, -0.2) is 6.34 Å². The summed E-state index contributed by atoms with van der Waals surface area (Å²) in [4.78, 5) is 5.22. The van der Waals surface area contributed by atoms with Gasteiger partial charge in [0.1, 0.15) is 17.9 Å². The molecule has 0 fully saturated rings. The minimum absolute atomic E-state index is 0. The molecule has 68 valence electrons. The van der Waals surface area contributed by atoms with E-state index in [4.69, 9.17) is 12.2 Å². The Morgan fingerprint density at radius 1 is 1.69 bits per heavy atom. The second-order valence-corrected chi connectivity index (χ2v) is 4.08. The van der Waals surface area contributed by atoms with E-state index in [1.54, 1.807) is 6.34 Å². The fraction of sp³-hybridized carbons (Fsp3) is 0.125. The van der Waals surface area contributed by atoms with Crippen LogP contribution in [0.1, 0.15) is 4.88 Å². The quantitative estimate of drug-likeness (QED) is 0.512. The highest BCUT2D eigenvalue weighted by Crippen LogP contribution is 2.39. The van der Waals surface area contributed by atoms with Gasteiger partial charge in [0, 0.05) is 0 Å². The van der Waals surface area contributed by atoms with Crippen LogP contribution in [0.4, 0.5) is 11.4 Å². The van der Waals surface area contributed by atoms with E-state index in [0.29, 0.717) is 6.54 Å². The summed E-state index contributed by atoms with van der Waals surface area (Å²) in [5, 5.41) is 7.60. The van der Waals surface area contributed by atoms with Gasteiger partial charge in [-0.3, -0.25) is 4.99 Å². The molecule has 3 N–H and O–H groups in total. The van der Waals surface area contributed by atoms with Crippen LogP contribution in [0.3, 0.4) is 0 Å². The number of rotatable bonds is 0. The van der Waals surface area contributed by atoms with Crippen molar-refractivity contribution in [1.29, 1.82) is 0 Å². The van der Waals surface area contributed by atoms with Crippen molar-refractivity contribution in [2.24, 2.45) is 4.99 Å². The summed E-state index contributed by atoms with van der Waals surface area (Å²) in [6.45, 7) is 0.673. The van der Waals surface area contributed by atoms with E-state index in [0.717, 1.165) is 16.3 Å². The molecule has 1 unspecified atom stereocenters. The molecule has 0 radical (unpaired) electrons. The van der Waals surface area contributed by atoms with Gasteiger partial charge in [-0.15, -0.1) is 12.4 Å². The number of terminal acetylenes is 1. The molecule has 13 heavy (non-hydrogen) atoms. The number of halogens is 1. The zero-order valence-electron chi connectivity index (χ0n) is 6.78. The van der Waals surface area contributed by atoms with E-state index in [1.165, 1.54) is 0 Å². The molecule has 2 rings (SSSR count). The first-order valence-electron chi connectivity index (χ1n) is 3.48. The molecule has 1 aromatic heterocycles. The molecule has 1 aromatic rings. The number of hydrogen-bond donors (Lipinski definition) is 2. The summed E-state index contributed by atoms with van der Waals surface area (Å²) < 4.78 is 0. The minimum Gasteiger partial charge on any atom is -0.393 e. The van der Waals surface area contributed by atoms with Crippen LogP contribution in [-0.2, 0) is 6.54 Å². The van der Waals surface area contributed by atoms with Crippen LogP contribution >= 0.6 is 22.9 Å². The number of aliphatic imine (C=N–C) groups is 1. The lowest BCUT2D eigenvalue weighted by molar-refractivity contribution is 1.10. The fourth-order valence-corrected chi connectivity index (χ4v) is 2.52. The fourth-order valence-electron chi connectivity index (χ4n) is 1.18. The van der Waals surface area contributed by atoms with Crippen LogP contribution in [0.15, 0.2) is 10.4 Å². The second kappa shape index (κ2) is 3.69. The lowest BCUT2D eigenvalue weighted by Gasteiger charge is -2.02. The van der Waals surface area contributed by atoms with Crippen molar-refractivity contribution in [3.63, 3.8) is 0 Å². The van der Waals surface area contributed by atoms with E-state index in [1.807, 2.05) is 5.38 Å². The van der Waals surface area contributed by atoms with E-state index < -0.39 is 0 Å². The number of anilines is 2. The summed E-state index contributed by atoms with van der Waals surface area (Å²) in [7, 11) is -0.237. The molecular weight excluding hydrogens is 206 g/mol. The highest BCUT2D eigenvalue weighted by molar-refractivity contribution is 7.37. The maximum absolute atomic E-state index is 5.75. The van der Waals surface area contributed by atoms with Crippen molar-refractivity contribution in [2.45, 2.75) is 6.54 Å². The first kappa shape index (κ1) is 9.90. The number of nitrogens with zero attached hydrogens (tertiary/aromatic N) is 1. The number of nitrogen functional groups attached to an aromatic ring is 1. The van der Waals surface area contributed by atoms with E-state index in [2.05, 4.69) is 15.6 Å². The third-order valence-electron chi connectivity index (χ3n) is 1.74. The lowest BCUT2D eigenvalue weighted by Crippen LogP contribution is -2.04. The van der Waals surface area contributed by atoms with Crippen LogP contribution in [0.5, 0.6) is 0 Å². The third kappa shape index (κ3) is 1.48. The monoisotopic (exact) mass is 214 g/mol. The van der Waals surface area contributed by atoms with Crippen LogP contribution < -0.4 is 11.1 Å². The molecule has 2 heterocycles. The molecule has 0 aliphatic carbocycles. The first-order valence-corrected chi connectivity index (χ1v) is 4.76. The third-order valence-corrected chi connectivity index (χ3v) is 3.35. The molecule has 1 atom stereocenters. The van der Waals surface area contributed by atoms with Gasteiger partial charge in [0.15, 0.2) is 10.6 Å². The number of nitrogens with one attached hydrogen (secondary N) is 1. The largest absolute Gasteiger partial charge is 0.393 e. The molecule has 0 aromatic carbocycles. The van der Waals surface area contributed by atoms with Gasteiger partial charge in [-0.05, 0) is 0 Å². The minimum atomic E-state index is -0.237. The predicted molar refractivity (Wildman–Crippen MR) is 60.6 cm³/mol. The topological polar surface area (TPSA) is 50.4 Å². The molecule has 1 aliphatic heterocycles. The Morgan fingerprint density at radius 3 is 3.15 bits per heavy atom. The molecule has 5 heteroatoms. The maximum atomic E-state index is 5.75. The summed E-state index contributed by atoms with van der Waals surface area (Å²) in [5.41, 5.74) is 7.46. The maximum Gasteiger partial charge on any atom is 0.212 e. The second-order valence-electron chi connectivity index (χ2n) is 2.44. The smallest absolute Gasteiger partial charge is 0.212 e. The Bertz CT molecular complexity index is 389. The van der Waals surface area contributed by atoms with E-state index in [-0.39, 0.29) is 22.9 Å². The Kier molecular flexibility index (Phi) is 2.81. The molecule has 0 bridgehead atoms. The lowest BCUT2D eigenvalue weighted by atomic mass is 10.3. The highest BCUT2D eigenvalue weighted by Gasteiger charge is 2.24. The highest BCUT2D eigenvalue weighted by atomic mass is 35.5. The SMILES string of the molecule is C#C[s+]1cc(N)c2c1CN=CN2.Cl. The zero-order chi connectivity index (χ0) is 8.55. The van der Waals surface area contributed by atoms with Gasteiger partial charge in [-0.2, -0.15) is 0 Å². The van der Waals surface area contributed by atoms with Gasteiger partial charge in [-0.1, -0.05) is 6.42 Å². The summed E-state index contributed by atoms with van der Waals surface area (Å²) in [5.74, 6) is 0. The Morgan fingerprint density at radius 2 is 2.46 bits per heavy atom. The summed E-state index contributed by atoms with van der Waals surface area (Å²) in [6, 6.07) is 0. The Hall–Kier alpha value is -1.18. The van der Waals surface area contributed by atoms with Gasteiger partial charge in [0.05, 0.1) is 16.8 Å². The molecule has 1 aliphatic rings. The van der Waals surface area contributed by atoms with Gasteiger partial charge < -0.3 is 11.1 Å². The summed E-state index contributed by atoms with van der Waals surface area (Å²) in [6.07, 6.45) is 7.01. The number of fused-ring (bicyclic) bond motifs is 1. The number of thiophene rings is 1. The van der Waals surface area contributed by atoms with E-state index in [9.17, 15) is 0 Å². The Labute approximate surface area is 85.4 Å². The Balaban J connectivity index is 0.000000845. The van der Waals surface area contributed by atoms with Gasteiger partial charge in [0.25, 0.3) is 0 Å². The van der Waals surface area contributed by atoms with Gasteiger partial charge in [-0.25, -0.2) is 0 Å². The molecule has 0 amide bonds.